The van der Waals surface area contributed by atoms with E-state index in [4.69, 9.17) is 0 Å². The smallest absolute Gasteiger partial charge is 0.331 e. The number of carboxylic acid groups (broad SMARTS) is 1. The van der Waals surface area contributed by atoms with E-state index < -0.39 is 11.5 Å². The van der Waals surface area contributed by atoms with E-state index in [1.165, 1.54) is 16.0 Å². The number of tetrazole rings is 1. The molecule has 0 fully saturated rings. The Hall–Kier alpha value is -1.28. The van der Waals surface area contributed by atoms with Gasteiger partial charge in [-0.15, -0.1) is 16.4 Å². The van der Waals surface area contributed by atoms with E-state index in [2.05, 4.69) is 31.5 Å². The summed E-state index contributed by atoms with van der Waals surface area (Å²) in [6.45, 7) is 5.08. The van der Waals surface area contributed by atoms with E-state index in [1.807, 2.05) is 13.0 Å². The predicted molar refractivity (Wildman–Crippen MR) is 70.5 cm³/mol. The van der Waals surface area contributed by atoms with Crippen LogP contribution in [0.15, 0.2) is 9.85 Å². The van der Waals surface area contributed by atoms with Gasteiger partial charge in [-0.3, -0.25) is 0 Å². The monoisotopic (exact) mass is 330 g/mol. The van der Waals surface area contributed by atoms with Crippen molar-refractivity contribution in [3.05, 3.63) is 15.4 Å². The zero-order valence-electron chi connectivity index (χ0n) is 10.0. The first-order valence-electron chi connectivity index (χ1n) is 5.12. The van der Waals surface area contributed by atoms with E-state index in [9.17, 15) is 9.90 Å². The molecule has 8 heteroatoms. The van der Waals surface area contributed by atoms with Gasteiger partial charge in [-0.25, -0.2) is 9.48 Å². The molecule has 0 saturated carbocycles. The Bertz CT molecular complexity index is 585. The fraction of sp³-hybridized carbons (Fsp3) is 0.400. The van der Waals surface area contributed by atoms with Gasteiger partial charge in [0, 0.05) is 0 Å². The van der Waals surface area contributed by atoms with Crippen molar-refractivity contribution >= 4 is 33.2 Å². The SMILES string of the molecule is Cc1cc(-c2nnnn2C(C)(C)C(=O)O)sc1Br. The van der Waals surface area contributed by atoms with E-state index >= 15 is 0 Å². The number of carbonyl (C=O) groups is 1. The molecule has 0 aliphatic carbocycles. The molecule has 2 aromatic heterocycles. The van der Waals surface area contributed by atoms with Gasteiger partial charge in [-0.1, -0.05) is 0 Å². The van der Waals surface area contributed by atoms with Gasteiger partial charge >= 0.3 is 5.97 Å². The van der Waals surface area contributed by atoms with Crippen molar-refractivity contribution in [2.45, 2.75) is 26.3 Å². The summed E-state index contributed by atoms with van der Waals surface area (Å²) in [6.07, 6.45) is 0. The molecule has 2 aromatic rings. The van der Waals surface area contributed by atoms with E-state index in [1.54, 1.807) is 13.8 Å². The van der Waals surface area contributed by atoms with Crippen LogP contribution in [0.5, 0.6) is 0 Å². The zero-order valence-corrected chi connectivity index (χ0v) is 12.4. The number of carboxylic acids is 1. The fourth-order valence-electron chi connectivity index (χ4n) is 1.38. The predicted octanol–water partition coefficient (Wildman–Crippen LogP) is 2.29. The number of hydrogen-bond donors (Lipinski definition) is 1. The van der Waals surface area contributed by atoms with Gasteiger partial charge in [0.1, 0.15) is 0 Å². The Morgan fingerprint density at radius 3 is 2.72 bits per heavy atom. The first-order valence-corrected chi connectivity index (χ1v) is 6.73. The lowest BCUT2D eigenvalue weighted by Crippen LogP contribution is -2.37. The maximum absolute atomic E-state index is 11.3. The summed E-state index contributed by atoms with van der Waals surface area (Å²) in [7, 11) is 0. The van der Waals surface area contributed by atoms with E-state index in [-0.39, 0.29) is 0 Å². The molecule has 0 aromatic carbocycles. The first kappa shape index (κ1) is 13.2. The quantitative estimate of drug-likeness (QED) is 0.933. The summed E-state index contributed by atoms with van der Waals surface area (Å²) in [5.41, 5.74) is -0.124. The number of aromatic nitrogens is 4. The molecule has 0 aliphatic rings. The zero-order chi connectivity index (χ0) is 13.5. The highest BCUT2D eigenvalue weighted by molar-refractivity contribution is 9.11. The van der Waals surface area contributed by atoms with Gasteiger partial charge in [-0.05, 0) is 58.8 Å². The van der Waals surface area contributed by atoms with Crippen LogP contribution >= 0.6 is 27.3 Å². The van der Waals surface area contributed by atoms with Gasteiger partial charge in [0.2, 0.25) is 0 Å². The maximum Gasteiger partial charge on any atom is 0.331 e. The highest BCUT2D eigenvalue weighted by atomic mass is 79.9. The van der Waals surface area contributed by atoms with E-state index in [0.717, 1.165) is 14.2 Å². The molecule has 2 rings (SSSR count). The highest BCUT2D eigenvalue weighted by Crippen LogP contribution is 2.34. The molecule has 0 spiro atoms. The minimum absolute atomic E-state index is 0.459. The molecule has 0 radical (unpaired) electrons. The highest BCUT2D eigenvalue weighted by Gasteiger charge is 2.34. The third-order valence-corrected chi connectivity index (χ3v) is 4.73. The number of nitrogens with zero attached hydrogens (tertiary/aromatic N) is 4. The molecular weight excluding hydrogens is 320 g/mol. The second-order valence-corrected chi connectivity index (χ2v) is 6.72. The van der Waals surface area contributed by atoms with Crippen LogP contribution in [0.25, 0.3) is 10.7 Å². The van der Waals surface area contributed by atoms with Crippen LogP contribution in [0, 0.1) is 6.92 Å². The number of rotatable bonds is 3. The maximum atomic E-state index is 11.3. The Morgan fingerprint density at radius 2 is 2.22 bits per heavy atom. The summed E-state index contributed by atoms with van der Waals surface area (Å²) < 4.78 is 2.31. The molecule has 6 nitrogen and oxygen atoms in total. The van der Waals surface area contributed by atoms with Crippen LogP contribution in [-0.4, -0.2) is 31.3 Å². The van der Waals surface area contributed by atoms with Crippen molar-refractivity contribution in [1.29, 1.82) is 0 Å². The summed E-state index contributed by atoms with van der Waals surface area (Å²) in [5, 5.41) is 20.5. The van der Waals surface area contributed by atoms with Crippen LogP contribution in [0.3, 0.4) is 0 Å². The normalized spacial score (nSPS) is 11.8. The fourth-order valence-corrected chi connectivity index (χ4v) is 2.88. The van der Waals surface area contributed by atoms with Crippen molar-refractivity contribution < 1.29 is 9.90 Å². The van der Waals surface area contributed by atoms with Gasteiger partial charge in [0.05, 0.1) is 8.66 Å². The molecule has 0 bridgehead atoms. The Balaban J connectivity index is 2.55. The van der Waals surface area contributed by atoms with Crippen LogP contribution in [0.1, 0.15) is 19.4 Å². The third kappa shape index (κ3) is 2.05. The number of aryl methyl sites for hydroxylation is 1. The summed E-state index contributed by atoms with van der Waals surface area (Å²) >= 11 is 4.90. The largest absolute Gasteiger partial charge is 0.479 e. The van der Waals surface area contributed by atoms with Gasteiger partial charge in [0.15, 0.2) is 11.4 Å². The lowest BCUT2D eigenvalue weighted by atomic mass is 10.1. The van der Waals surface area contributed by atoms with Crippen LogP contribution in [0.2, 0.25) is 0 Å². The molecule has 0 amide bonds. The van der Waals surface area contributed by atoms with Crippen molar-refractivity contribution in [2.24, 2.45) is 0 Å². The molecule has 0 saturated heterocycles. The molecular formula is C10H11BrN4O2S. The number of hydrogen-bond acceptors (Lipinski definition) is 5. The summed E-state index contributed by atoms with van der Waals surface area (Å²) in [5.74, 6) is -0.524. The van der Waals surface area contributed by atoms with Crippen molar-refractivity contribution in [2.75, 3.05) is 0 Å². The first-order chi connectivity index (χ1) is 8.34. The Labute approximate surface area is 116 Å². The van der Waals surface area contributed by atoms with Gasteiger partial charge < -0.3 is 5.11 Å². The molecule has 2 heterocycles. The second kappa shape index (κ2) is 4.43. The summed E-state index contributed by atoms with van der Waals surface area (Å²) in [6, 6.07) is 1.93. The number of aliphatic carboxylic acids is 1. The number of halogens is 1. The minimum Gasteiger partial charge on any atom is -0.479 e. The topological polar surface area (TPSA) is 80.9 Å². The summed E-state index contributed by atoms with van der Waals surface area (Å²) in [4.78, 5) is 12.1. The van der Waals surface area contributed by atoms with Crippen LogP contribution < -0.4 is 0 Å². The Morgan fingerprint density at radius 1 is 1.56 bits per heavy atom. The lowest BCUT2D eigenvalue weighted by Gasteiger charge is -2.19. The second-order valence-electron chi connectivity index (χ2n) is 4.35. The molecule has 0 atom stereocenters. The standard InChI is InChI=1S/C10H11BrN4O2S/c1-5-4-6(18-7(5)11)8-12-13-14-15(8)10(2,3)9(16)17/h4H,1-3H3,(H,16,17). The average molecular weight is 331 g/mol. The molecule has 1 N–H and O–H groups in total. The van der Waals surface area contributed by atoms with Gasteiger partial charge in [-0.2, -0.15) is 0 Å². The van der Waals surface area contributed by atoms with Gasteiger partial charge in [0.25, 0.3) is 0 Å². The van der Waals surface area contributed by atoms with E-state index in [0.29, 0.717) is 5.82 Å². The molecule has 0 aliphatic heterocycles. The average Bonchev–Trinajstić information content (AvgIpc) is 2.86. The lowest BCUT2D eigenvalue weighted by molar-refractivity contribution is -0.146. The van der Waals surface area contributed by atoms with Crippen LogP contribution in [0.4, 0.5) is 0 Å². The molecule has 0 unspecified atom stereocenters. The Kier molecular flexibility index (Phi) is 3.24. The van der Waals surface area contributed by atoms with Crippen molar-refractivity contribution in [3.8, 4) is 10.7 Å². The third-order valence-electron chi connectivity index (χ3n) is 2.60. The molecule has 96 valence electrons. The van der Waals surface area contributed by atoms with Crippen molar-refractivity contribution in [3.63, 3.8) is 0 Å². The minimum atomic E-state index is -1.19. The molecule has 18 heavy (non-hydrogen) atoms. The number of thiophene rings is 1. The van der Waals surface area contributed by atoms with Crippen LogP contribution in [-0.2, 0) is 10.3 Å². The van der Waals surface area contributed by atoms with Crippen molar-refractivity contribution in [1.82, 2.24) is 20.2 Å².